The van der Waals surface area contributed by atoms with Crippen molar-refractivity contribution in [2.75, 3.05) is 5.32 Å². The minimum atomic E-state index is -0.505. The highest BCUT2D eigenvalue weighted by Gasteiger charge is 2.11. The predicted octanol–water partition coefficient (Wildman–Crippen LogP) is 3.48. The summed E-state index contributed by atoms with van der Waals surface area (Å²) in [4.78, 5) is 22.7. The highest BCUT2D eigenvalue weighted by Crippen LogP contribution is 2.14. The van der Waals surface area contributed by atoms with Crippen molar-refractivity contribution < 1.29 is 14.1 Å². The van der Waals surface area contributed by atoms with Crippen LogP contribution in [-0.4, -0.2) is 30.4 Å². The first kappa shape index (κ1) is 20.0. The molecule has 2 heterocycles. The lowest BCUT2D eigenvalue weighted by atomic mass is 10.1. The average Bonchev–Trinajstić information content (AvgIpc) is 3.40. The predicted molar refractivity (Wildman–Crippen MR) is 110 cm³/mol. The van der Waals surface area contributed by atoms with E-state index in [1.165, 1.54) is 29.3 Å². The van der Waals surface area contributed by atoms with Gasteiger partial charge in [-0.25, -0.2) is 4.39 Å². The van der Waals surface area contributed by atoms with Crippen LogP contribution in [0.2, 0.25) is 0 Å². The third kappa shape index (κ3) is 4.81. The van der Waals surface area contributed by atoms with E-state index in [4.69, 9.17) is 0 Å². The van der Waals surface area contributed by atoms with E-state index < -0.39 is 4.92 Å². The van der Waals surface area contributed by atoms with Gasteiger partial charge in [-0.15, -0.1) is 0 Å². The Morgan fingerprint density at radius 3 is 2.42 bits per heavy atom. The smallest absolute Gasteiger partial charge is 0.307 e. The van der Waals surface area contributed by atoms with Gasteiger partial charge in [-0.1, -0.05) is 30.3 Å². The molecule has 0 fully saturated rings. The summed E-state index contributed by atoms with van der Waals surface area (Å²) in [6, 6.07) is 13.3. The summed E-state index contributed by atoms with van der Waals surface area (Å²) < 4.78 is 16.8. The molecule has 0 spiro atoms. The first-order chi connectivity index (χ1) is 15.0. The number of nitrogens with one attached hydrogen (secondary N) is 1. The standard InChI is InChI=1S/C21H17FN6O3/c22-20-4-2-1-3-17(20)12-27-13-18(9-23-27)25-21(29)16-7-5-15(6-8-16)11-26-14-19(10-24-26)28(30)31/h1-10,13-14H,11-12H2,(H,25,29). The number of halogens is 1. The van der Waals surface area contributed by atoms with Gasteiger partial charge < -0.3 is 5.32 Å². The Kier molecular flexibility index (Phi) is 5.52. The molecule has 2 aromatic heterocycles. The van der Waals surface area contributed by atoms with Gasteiger partial charge in [-0.3, -0.25) is 24.3 Å². The van der Waals surface area contributed by atoms with Gasteiger partial charge in [0.25, 0.3) is 5.91 Å². The summed E-state index contributed by atoms with van der Waals surface area (Å²) in [5.41, 5.74) is 2.20. The molecule has 4 aromatic rings. The number of hydrogen-bond donors (Lipinski definition) is 1. The number of nitrogens with zero attached hydrogens (tertiary/aromatic N) is 5. The highest BCUT2D eigenvalue weighted by molar-refractivity contribution is 6.04. The van der Waals surface area contributed by atoms with Crippen molar-refractivity contribution in [3.63, 3.8) is 0 Å². The number of anilines is 1. The van der Waals surface area contributed by atoms with Gasteiger partial charge in [0, 0.05) is 17.3 Å². The SMILES string of the molecule is O=C(Nc1cnn(Cc2ccccc2F)c1)c1ccc(Cn2cc([N+](=O)[O-])cn2)cc1. The number of carbonyl (C=O) groups excluding carboxylic acids is 1. The molecule has 0 atom stereocenters. The monoisotopic (exact) mass is 420 g/mol. The van der Waals surface area contributed by atoms with E-state index in [1.807, 2.05) is 0 Å². The van der Waals surface area contributed by atoms with Crippen molar-refractivity contribution in [3.05, 3.63) is 106 Å². The first-order valence-electron chi connectivity index (χ1n) is 9.31. The van der Waals surface area contributed by atoms with Gasteiger partial charge in [0.2, 0.25) is 0 Å². The molecule has 0 aliphatic heterocycles. The fourth-order valence-electron chi connectivity index (χ4n) is 3.00. The van der Waals surface area contributed by atoms with Crippen molar-refractivity contribution in [2.24, 2.45) is 0 Å². The second-order valence-corrected chi connectivity index (χ2v) is 6.82. The van der Waals surface area contributed by atoms with Crippen LogP contribution in [0.15, 0.2) is 73.3 Å². The Morgan fingerprint density at radius 1 is 1.00 bits per heavy atom. The second-order valence-electron chi connectivity index (χ2n) is 6.82. The number of carbonyl (C=O) groups is 1. The molecule has 31 heavy (non-hydrogen) atoms. The van der Waals surface area contributed by atoms with Crippen LogP contribution >= 0.6 is 0 Å². The lowest BCUT2D eigenvalue weighted by molar-refractivity contribution is -0.385. The largest absolute Gasteiger partial charge is 0.319 e. The lowest BCUT2D eigenvalue weighted by Crippen LogP contribution is -2.11. The lowest BCUT2D eigenvalue weighted by Gasteiger charge is -2.05. The number of amides is 1. The molecule has 2 aromatic carbocycles. The minimum absolute atomic E-state index is 0.0773. The number of benzene rings is 2. The van der Waals surface area contributed by atoms with E-state index in [1.54, 1.807) is 53.3 Å². The first-order valence-corrected chi connectivity index (χ1v) is 9.31. The molecule has 156 valence electrons. The Hall–Kier alpha value is -4.34. The van der Waals surface area contributed by atoms with Gasteiger partial charge >= 0.3 is 5.69 Å². The molecule has 0 saturated heterocycles. The van der Waals surface area contributed by atoms with E-state index in [-0.39, 0.29) is 24.0 Å². The summed E-state index contributed by atoms with van der Waals surface area (Å²) in [6.45, 7) is 0.599. The van der Waals surface area contributed by atoms with E-state index in [9.17, 15) is 19.3 Å². The van der Waals surface area contributed by atoms with Gasteiger partial charge in [0.1, 0.15) is 18.2 Å². The van der Waals surface area contributed by atoms with Crippen LogP contribution in [0.5, 0.6) is 0 Å². The topological polar surface area (TPSA) is 108 Å². The van der Waals surface area contributed by atoms with Crippen LogP contribution in [0.25, 0.3) is 0 Å². The number of hydrogen-bond acceptors (Lipinski definition) is 5. The number of rotatable bonds is 7. The van der Waals surface area contributed by atoms with Crippen LogP contribution in [0.3, 0.4) is 0 Å². The molecule has 1 amide bonds. The van der Waals surface area contributed by atoms with Crippen molar-refractivity contribution >= 4 is 17.3 Å². The van der Waals surface area contributed by atoms with E-state index in [0.717, 1.165) is 5.56 Å². The second kappa shape index (κ2) is 8.57. The van der Waals surface area contributed by atoms with Crippen molar-refractivity contribution in [3.8, 4) is 0 Å². The van der Waals surface area contributed by atoms with Crippen LogP contribution in [0, 0.1) is 15.9 Å². The summed E-state index contributed by atoms with van der Waals surface area (Å²) >= 11 is 0. The summed E-state index contributed by atoms with van der Waals surface area (Å²) in [5, 5.41) is 21.6. The third-order valence-corrected chi connectivity index (χ3v) is 4.57. The Morgan fingerprint density at radius 2 is 1.71 bits per heavy atom. The minimum Gasteiger partial charge on any atom is -0.319 e. The fourth-order valence-corrected chi connectivity index (χ4v) is 3.00. The zero-order valence-electron chi connectivity index (χ0n) is 16.2. The van der Waals surface area contributed by atoms with Gasteiger partial charge in [0.05, 0.1) is 29.9 Å². The molecular weight excluding hydrogens is 403 g/mol. The Balaban J connectivity index is 1.37. The average molecular weight is 420 g/mol. The fraction of sp³-hybridized carbons (Fsp3) is 0.0952. The number of aromatic nitrogens is 4. The van der Waals surface area contributed by atoms with Crippen LogP contribution < -0.4 is 5.32 Å². The van der Waals surface area contributed by atoms with Crippen molar-refractivity contribution in [2.45, 2.75) is 13.1 Å². The third-order valence-electron chi connectivity index (χ3n) is 4.57. The van der Waals surface area contributed by atoms with Crippen LogP contribution in [-0.2, 0) is 13.1 Å². The maximum absolute atomic E-state index is 13.8. The molecule has 1 N–H and O–H groups in total. The maximum atomic E-state index is 13.8. The van der Waals surface area contributed by atoms with Crippen LogP contribution in [0.4, 0.5) is 15.8 Å². The van der Waals surface area contributed by atoms with Gasteiger partial charge in [-0.2, -0.15) is 10.2 Å². The molecule has 4 rings (SSSR count). The van der Waals surface area contributed by atoms with Crippen molar-refractivity contribution in [1.29, 1.82) is 0 Å². The molecule has 0 bridgehead atoms. The zero-order valence-corrected chi connectivity index (χ0v) is 16.2. The molecule has 10 heteroatoms. The molecule has 0 aliphatic rings. The molecule has 0 saturated carbocycles. The Bertz CT molecular complexity index is 1230. The summed E-state index contributed by atoms with van der Waals surface area (Å²) in [6.07, 6.45) is 5.66. The van der Waals surface area contributed by atoms with E-state index >= 15 is 0 Å². The molecule has 0 radical (unpaired) electrons. The molecular formula is C21H17FN6O3. The van der Waals surface area contributed by atoms with Crippen LogP contribution in [0.1, 0.15) is 21.5 Å². The zero-order chi connectivity index (χ0) is 21.8. The molecule has 0 unspecified atom stereocenters. The van der Waals surface area contributed by atoms with Gasteiger partial charge in [-0.05, 0) is 23.8 Å². The maximum Gasteiger partial charge on any atom is 0.307 e. The van der Waals surface area contributed by atoms with Crippen molar-refractivity contribution in [1.82, 2.24) is 19.6 Å². The van der Waals surface area contributed by atoms with Gasteiger partial charge in [0.15, 0.2) is 0 Å². The molecule has 0 aliphatic carbocycles. The quantitative estimate of drug-likeness (QED) is 0.364. The molecule has 9 nitrogen and oxygen atoms in total. The summed E-state index contributed by atoms with van der Waals surface area (Å²) in [7, 11) is 0. The normalized spacial score (nSPS) is 10.7. The van der Waals surface area contributed by atoms with E-state index in [2.05, 4.69) is 15.5 Å². The highest BCUT2D eigenvalue weighted by atomic mass is 19.1. The number of nitro groups is 1. The Labute approximate surface area is 175 Å². The summed E-state index contributed by atoms with van der Waals surface area (Å²) in [5.74, 6) is -0.625. The van der Waals surface area contributed by atoms with E-state index in [0.29, 0.717) is 23.4 Å².